The highest BCUT2D eigenvalue weighted by Crippen LogP contribution is 2.31. The van der Waals surface area contributed by atoms with Crippen LogP contribution in [0.5, 0.6) is 0 Å². The highest BCUT2D eigenvalue weighted by atomic mass is 16.5. The lowest BCUT2D eigenvalue weighted by Crippen LogP contribution is -2.44. The van der Waals surface area contributed by atoms with E-state index in [1.807, 2.05) is 36.5 Å². The predicted octanol–water partition coefficient (Wildman–Crippen LogP) is 1.86. The third-order valence-corrected chi connectivity index (χ3v) is 6.17. The highest BCUT2D eigenvalue weighted by Gasteiger charge is 2.37. The molecule has 1 aromatic heterocycles. The molecule has 34 heavy (non-hydrogen) atoms. The molecule has 0 unspecified atom stereocenters. The normalized spacial score (nSPS) is 19.6. The third-order valence-electron chi connectivity index (χ3n) is 6.17. The number of amides is 4. The van der Waals surface area contributed by atoms with Crippen molar-refractivity contribution >= 4 is 23.5 Å². The van der Waals surface area contributed by atoms with E-state index >= 15 is 0 Å². The summed E-state index contributed by atoms with van der Waals surface area (Å²) in [6, 6.07) is 9.27. The number of carbonyl (C=O) groups is 3. The van der Waals surface area contributed by atoms with Gasteiger partial charge in [-0.2, -0.15) is 5.10 Å². The Morgan fingerprint density at radius 1 is 1.18 bits per heavy atom. The zero-order valence-corrected chi connectivity index (χ0v) is 19.6. The molecule has 2 fully saturated rings. The lowest BCUT2D eigenvalue weighted by molar-refractivity contribution is -0.134. The first-order chi connectivity index (χ1) is 16.4. The molecule has 1 saturated heterocycles. The molecular formula is C24H32N6O4. The Hall–Kier alpha value is -3.40. The molecule has 10 nitrogen and oxygen atoms in total. The smallest absolute Gasteiger partial charge is 0.318 e. The second-order valence-corrected chi connectivity index (χ2v) is 9.12. The predicted molar refractivity (Wildman–Crippen MR) is 126 cm³/mol. The number of hydrogen-bond acceptors (Lipinski definition) is 5. The van der Waals surface area contributed by atoms with Crippen LogP contribution in [0.15, 0.2) is 42.7 Å². The summed E-state index contributed by atoms with van der Waals surface area (Å²) in [5, 5.41) is 10.3. The van der Waals surface area contributed by atoms with Crippen molar-refractivity contribution in [1.29, 1.82) is 0 Å². The Kier molecular flexibility index (Phi) is 7.46. The number of likely N-dealkylation sites (tertiary alicyclic amines) is 1. The maximum Gasteiger partial charge on any atom is 0.318 e. The van der Waals surface area contributed by atoms with Gasteiger partial charge in [0.25, 0.3) is 0 Å². The number of benzene rings is 1. The number of ether oxygens (including phenoxy) is 1. The molecule has 182 valence electrons. The van der Waals surface area contributed by atoms with Gasteiger partial charge in [-0.1, -0.05) is 30.3 Å². The third kappa shape index (κ3) is 6.13. The maximum absolute atomic E-state index is 13.0. The van der Waals surface area contributed by atoms with Crippen LogP contribution in [0.25, 0.3) is 0 Å². The Morgan fingerprint density at radius 2 is 1.94 bits per heavy atom. The molecule has 4 amide bonds. The van der Waals surface area contributed by atoms with Gasteiger partial charge in [0.05, 0.1) is 30.6 Å². The Bertz CT molecular complexity index is 1000. The molecule has 2 aliphatic rings. The van der Waals surface area contributed by atoms with Gasteiger partial charge in [0, 0.05) is 39.3 Å². The lowest BCUT2D eigenvalue weighted by atomic mass is 10.2. The summed E-state index contributed by atoms with van der Waals surface area (Å²) in [6.07, 6.45) is 5.96. The second kappa shape index (κ2) is 10.7. The van der Waals surface area contributed by atoms with E-state index in [1.165, 1.54) is 4.90 Å². The van der Waals surface area contributed by atoms with Crippen molar-refractivity contribution in [2.45, 2.75) is 37.9 Å². The van der Waals surface area contributed by atoms with Crippen LogP contribution >= 0.6 is 0 Å². The van der Waals surface area contributed by atoms with Crippen LogP contribution in [0.3, 0.4) is 0 Å². The van der Waals surface area contributed by atoms with Gasteiger partial charge >= 0.3 is 6.03 Å². The van der Waals surface area contributed by atoms with E-state index in [2.05, 4.69) is 15.7 Å². The summed E-state index contributed by atoms with van der Waals surface area (Å²) in [5.41, 5.74) is 1.67. The minimum atomic E-state index is -0.204. The van der Waals surface area contributed by atoms with Gasteiger partial charge in [-0.3, -0.25) is 14.3 Å². The van der Waals surface area contributed by atoms with Crippen LogP contribution in [0.1, 0.15) is 30.9 Å². The lowest BCUT2D eigenvalue weighted by Gasteiger charge is -2.25. The van der Waals surface area contributed by atoms with Gasteiger partial charge in [0.1, 0.15) is 6.61 Å². The van der Waals surface area contributed by atoms with Crippen LogP contribution in [0, 0.1) is 5.92 Å². The molecule has 2 aromatic rings. The Labute approximate surface area is 199 Å². The van der Waals surface area contributed by atoms with E-state index in [0.717, 1.165) is 18.4 Å². The van der Waals surface area contributed by atoms with Gasteiger partial charge < -0.3 is 25.2 Å². The second-order valence-electron chi connectivity index (χ2n) is 9.12. The van der Waals surface area contributed by atoms with Gasteiger partial charge in [-0.25, -0.2) is 4.79 Å². The molecular weight excluding hydrogens is 436 g/mol. The molecule has 4 rings (SSSR count). The Balaban J connectivity index is 1.39. The number of nitrogens with one attached hydrogen (secondary N) is 2. The fourth-order valence-electron chi connectivity index (χ4n) is 3.97. The van der Waals surface area contributed by atoms with Crippen molar-refractivity contribution in [2.75, 3.05) is 39.2 Å². The molecule has 1 aromatic carbocycles. The first-order valence-electron chi connectivity index (χ1n) is 11.6. The first kappa shape index (κ1) is 23.7. The molecule has 1 saturated carbocycles. The van der Waals surface area contributed by atoms with Gasteiger partial charge in [0.2, 0.25) is 11.8 Å². The van der Waals surface area contributed by atoms with Crippen LogP contribution < -0.4 is 10.6 Å². The van der Waals surface area contributed by atoms with Crippen molar-refractivity contribution in [3.63, 3.8) is 0 Å². The number of urea groups is 1. The molecule has 1 aliphatic heterocycles. The van der Waals surface area contributed by atoms with Crippen LogP contribution in [0.2, 0.25) is 0 Å². The Morgan fingerprint density at radius 3 is 2.65 bits per heavy atom. The first-order valence-corrected chi connectivity index (χ1v) is 11.6. The molecule has 0 bridgehead atoms. The average Bonchev–Trinajstić information content (AvgIpc) is 3.45. The fraction of sp³-hybridized carbons (Fsp3) is 0.500. The number of carbonyl (C=O) groups excluding carboxylic acids is 3. The highest BCUT2D eigenvalue weighted by molar-refractivity contribution is 5.93. The van der Waals surface area contributed by atoms with Crippen molar-refractivity contribution in [1.82, 2.24) is 24.9 Å². The summed E-state index contributed by atoms with van der Waals surface area (Å²) >= 11 is 0. The van der Waals surface area contributed by atoms with E-state index in [4.69, 9.17) is 4.74 Å². The number of rotatable bonds is 9. The van der Waals surface area contributed by atoms with Gasteiger partial charge in [-0.05, 0) is 24.8 Å². The van der Waals surface area contributed by atoms with E-state index in [9.17, 15) is 14.4 Å². The van der Waals surface area contributed by atoms with Crippen LogP contribution in [-0.4, -0.2) is 77.3 Å². The summed E-state index contributed by atoms with van der Waals surface area (Å²) < 4.78 is 7.46. The molecule has 2 atom stereocenters. The average molecular weight is 469 g/mol. The number of likely N-dealkylation sites (N-methyl/N-ethyl adjacent to an activating group) is 1. The van der Waals surface area contributed by atoms with E-state index < -0.39 is 0 Å². The summed E-state index contributed by atoms with van der Waals surface area (Å²) in [4.78, 5) is 40.2. The SMILES string of the molecule is CN(C)C(=O)COC[C@@H]1C[C@H](n2cc(NC(=O)C3CC3)cn2)CN1C(=O)NCc1ccccc1. The van der Waals surface area contributed by atoms with Crippen molar-refractivity contribution in [3.05, 3.63) is 48.3 Å². The number of hydrogen-bond donors (Lipinski definition) is 2. The van der Waals surface area contributed by atoms with Crippen molar-refractivity contribution < 1.29 is 19.1 Å². The molecule has 2 heterocycles. The number of aromatic nitrogens is 2. The van der Waals surface area contributed by atoms with Gasteiger partial charge in [0.15, 0.2) is 0 Å². The number of nitrogens with zero attached hydrogens (tertiary/aromatic N) is 4. The zero-order valence-electron chi connectivity index (χ0n) is 19.6. The fourth-order valence-corrected chi connectivity index (χ4v) is 3.97. The van der Waals surface area contributed by atoms with Crippen LogP contribution in [0.4, 0.5) is 10.5 Å². The zero-order chi connectivity index (χ0) is 24.1. The largest absolute Gasteiger partial charge is 0.369 e. The van der Waals surface area contributed by atoms with Crippen molar-refractivity contribution in [2.24, 2.45) is 5.92 Å². The van der Waals surface area contributed by atoms with E-state index in [-0.39, 0.29) is 49.1 Å². The molecule has 10 heteroatoms. The van der Waals surface area contributed by atoms with Crippen molar-refractivity contribution in [3.8, 4) is 0 Å². The summed E-state index contributed by atoms with van der Waals surface area (Å²) in [5.74, 6) is 0.0208. The molecule has 0 radical (unpaired) electrons. The minimum Gasteiger partial charge on any atom is -0.369 e. The summed E-state index contributed by atoms with van der Waals surface area (Å²) in [6.45, 7) is 1.09. The quantitative estimate of drug-likeness (QED) is 0.584. The van der Waals surface area contributed by atoms with Gasteiger partial charge in [-0.15, -0.1) is 0 Å². The van der Waals surface area contributed by atoms with Crippen LogP contribution in [-0.2, 0) is 20.9 Å². The molecule has 1 aliphatic carbocycles. The monoisotopic (exact) mass is 468 g/mol. The van der Waals surface area contributed by atoms with E-state index in [0.29, 0.717) is 25.2 Å². The summed E-state index contributed by atoms with van der Waals surface area (Å²) in [7, 11) is 3.36. The number of anilines is 1. The molecule has 2 N–H and O–H groups in total. The topological polar surface area (TPSA) is 109 Å². The minimum absolute atomic E-state index is 0.0322. The standard InChI is InChI=1S/C24H32N6O4/c1-28(2)22(31)16-34-15-21-10-20(30-13-19(12-26-30)27-23(32)18-8-9-18)14-29(21)24(33)25-11-17-6-4-3-5-7-17/h3-7,12-13,18,20-21H,8-11,14-16H2,1-2H3,(H,25,33)(H,27,32)/t20-,21-/m0/s1. The maximum atomic E-state index is 13.0. The molecule has 0 spiro atoms. The van der Waals surface area contributed by atoms with E-state index in [1.54, 1.807) is 29.9 Å².